The minimum atomic E-state index is -2.39. The second-order valence-corrected chi connectivity index (χ2v) is 33.9. The first-order valence-corrected chi connectivity index (χ1v) is 37.4. The molecule has 1 aromatic carbocycles. The average Bonchev–Trinajstić information content (AvgIpc) is 1.41. The van der Waals surface area contributed by atoms with Gasteiger partial charge in [-0.25, -0.2) is 14.4 Å². The van der Waals surface area contributed by atoms with Crippen molar-refractivity contribution in [1.82, 2.24) is 0 Å². The van der Waals surface area contributed by atoms with Crippen molar-refractivity contribution in [3.05, 3.63) is 53.6 Å². The normalized spacial score (nSPS) is 49.7. The number of allylic oxidation sites excluding steroid dienone is 1. The van der Waals surface area contributed by atoms with Gasteiger partial charge < -0.3 is 143 Å². The molecule has 1 spiro atoms. The lowest BCUT2D eigenvalue weighted by atomic mass is 9.30. The lowest BCUT2D eigenvalue weighted by Crippen LogP contribution is -2.77. The predicted molar refractivity (Wildman–Crippen MR) is 364 cm³/mol. The number of rotatable bonds is 20. The highest BCUT2D eigenvalue weighted by Gasteiger charge is 2.87. The molecule has 6 saturated heterocycles. The second-order valence-electron chi connectivity index (χ2n) is 33.9. The van der Waals surface area contributed by atoms with E-state index in [0.717, 1.165) is 0 Å². The minimum Gasteiger partial charge on any atom is -0.479 e. The third-order valence-corrected chi connectivity index (χ3v) is 27.3. The summed E-state index contributed by atoms with van der Waals surface area (Å²) in [6.07, 6.45) is -42.9. The molecule has 33 heteroatoms. The van der Waals surface area contributed by atoms with Gasteiger partial charge >= 0.3 is 23.9 Å². The summed E-state index contributed by atoms with van der Waals surface area (Å²) in [7, 11) is 0. The van der Waals surface area contributed by atoms with Crippen molar-refractivity contribution in [2.75, 3.05) is 26.4 Å². The molecule has 6 unspecified atom stereocenters. The molecule has 0 amide bonds. The van der Waals surface area contributed by atoms with E-state index in [-0.39, 0.29) is 36.7 Å². The molecule has 2 bridgehead atoms. The van der Waals surface area contributed by atoms with Gasteiger partial charge in [-0.2, -0.15) is 0 Å². The lowest BCUT2D eigenvalue weighted by Gasteiger charge is -2.75. The summed E-state index contributed by atoms with van der Waals surface area (Å²) in [5, 5.41) is 169. The van der Waals surface area contributed by atoms with Gasteiger partial charge in [-0.1, -0.05) is 84.9 Å². The number of hydrogen-bond acceptors (Lipinski definition) is 32. The number of ether oxygens (including phenoxy) is 14. The Balaban J connectivity index is 0.872. The fourth-order valence-electron chi connectivity index (χ4n) is 21.2. The molecule has 0 aromatic heterocycles. The standard InChI is InChI=1S/C75H110O33/c1-12-32(2)61(92)107-58-59(101-43(80)19-18-35-16-14-13-15-17-35)75-40(26-68(58,5)6)74(108-67(75)93)25-21-39-70(9)23-22-41(69(7,8)38(70)20-24-71(39,10)72(74,11)27-42(75)97-34(4)79)100-65-56(106-62-50(87)47(84)45(82)36(28-76)98-62)52(51(88)53(103-65)60(90)91)102-64-55(49(86)46(83)37(29-77)99-64)104-63-54(48(85)44(81)33(3)96-63)105-66-57(89)73(94,30-78)31-95-66/h12-19,33,36-42,44-59,62-67,76-78,81-89,93-94H,20-31H2,1-11H3,(H,90,91)/b19-18+,32-12-/t33-,36+,37+,38?,39?,40-,41-,42+,44-,45-,46-,47-,48+,49-,50+,51-,52-,53-,54+,55?,56+,57-,58-,59?,62?,63-,64-,65+,66-,67+,70-,71+,72-,73+,74-,75?/m0/s1. The van der Waals surface area contributed by atoms with Crippen LogP contribution in [0.2, 0.25) is 0 Å². The Hall–Kier alpha value is -4.42. The van der Waals surface area contributed by atoms with Crippen LogP contribution in [0.1, 0.15) is 133 Å². The van der Waals surface area contributed by atoms with E-state index in [1.54, 1.807) is 38.1 Å². The monoisotopic (exact) mass is 1540 g/mol. The topological polar surface area (TPSA) is 501 Å². The smallest absolute Gasteiger partial charge is 0.335 e. The third-order valence-electron chi connectivity index (χ3n) is 27.3. The number of aliphatic carboxylic acids is 1. The second kappa shape index (κ2) is 30.7. The Labute approximate surface area is 624 Å². The third kappa shape index (κ3) is 13.6. The molecule has 15 N–H and O–H groups in total. The Kier molecular flexibility index (Phi) is 23.6. The molecule has 11 fully saturated rings. The zero-order chi connectivity index (χ0) is 78.8. The Bertz CT molecular complexity index is 3450. The van der Waals surface area contributed by atoms with Crippen molar-refractivity contribution in [3.8, 4) is 0 Å². The number of carbonyl (C=O) groups excluding carboxylic acids is 3. The highest BCUT2D eigenvalue weighted by Crippen LogP contribution is 2.82. The number of esters is 3. The fourth-order valence-corrected chi connectivity index (χ4v) is 21.2. The summed E-state index contributed by atoms with van der Waals surface area (Å²) < 4.78 is 88.7. The van der Waals surface area contributed by atoms with Gasteiger partial charge in [-0.05, 0) is 112 Å². The Morgan fingerprint density at radius 1 is 0.583 bits per heavy atom. The van der Waals surface area contributed by atoms with E-state index in [0.29, 0.717) is 37.7 Å². The van der Waals surface area contributed by atoms with Crippen molar-refractivity contribution in [2.24, 2.45) is 50.2 Å². The van der Waals surface area contributed by atoms with Crippen LogP contribution < -0.4 is 0 Å². The predicted octanol–water partition coefficient (Wildman–Crippen LogP) is -1.15. The number of benzene rings is 1. The van der Waals surface area contributed by atoms with E-state index in [2.05, 4.69) is 20.8 Å². The molecule has 5 aliphatic carbocycles. The zero-order valence-corrected chi connectivity index (χ0v) is 62.5. The number of carboxylic acids is 1. The first-order valence-electron chi connectivity index (χ1n) is 37.4. The number of hydrogen-bond donors (Lipinski definition) is 15. The highest BCUT2D eigenvalue weighted by atomic mass is 16.8. The number of aliphatic hydroxyl groups is 14. The molecular weight excluding hydrogens is 1430 g/mol. The molecule has 36 atom stereocenters. The maximum absolute atomic E-state index is 14.5. The van der Waals surface area contributed by atoms with Crippen LogP contribution >= 0.6 is 0 Å². The largest absolute Gasteiger partial charge is 0.479 e. The maximum atomic E-state index is 14.5. The minimum absolute atomic E-state index is 0.119. The van der Waals surface area contributed by atoms with Gasteiger partial charge in [0, 0.05) is 35.3 Å². The zero-order valence-electron chi connectivity index (χ0n) is 62.5. The van der Waals surface area contributed by atoms with Crippen LogP contribution in [-0.2, 0) is 85.5 Å². The van der Waals surface area contributed by atoms with E-state index in [4.69, 9.17) is 66.3 Å². The molecule has 11 aliphatic rings. The van der Waals surface area contributed by atoms with Crippen LogP contribution in [-0.4, -0.2) is 304 Å². The van der Waals surface area contributed by atoms with Crippen LogP contribution in [0, 0.1) is 50.2 Å². The molecule has 6 heterocycles. The average molecular weight is 1540 g/mol. The van der Waals surface area contributed by atoms with Gasteiger partial charge in [0.25, 0.3) is 0 Å². The highest BCUT2D eigenvalue weighted by molar-refractivity contribution is 5.88. The summed E-state index contributed by atoms with van der Waals surface area (Å²) in [5.41, 5.74) is -8.25. The van der Waals surface area contributed by atoms with Gasteiger partial charge in [-0.15, -0.1) is 0 Å². The van der Waals surface area contributed by atoms with Crippen LogP contribution in [0.15, 0.2) is 48.1 Å². The van der Waals surface area contributed by atoms with Crippen molar-refractivity contribution in [2.45, 2.75) is 305 Å². The Morgan fingerprint density at radius 3 is 1.80 bits per heavy atom. The van der Waals surface area contributed by atoms with Crippen LogP contribution in [0.4, 0.5) is 0 Å². The SMILES string of the molecule is C/C=C(/C)C(=O)O[C@H]1C(OC(=O)/C=C/c2ccccc2)C23[C@H](O)O[C@@]4(CCC5[C@@]6(C)CC[C@H](O[C@@H]7O[C@H](C(=O)O)[C@@H](O)[C@H](O[C@@H]8O[C@H](CO)[C@H](O)[C@H](O)C8O[C@@H]8O[C@@H](C)[C@H](O)[C@@H](O)[C@H]8O[C@@H]8OC[C@](O)(CO)[C@H]8O)[C@H]7OC7O[C@H](CO)[C@H](O)[C@H](O)[C@H]7O)C(C)(C)C6CC[C@@]5(C)[C@]4(C)C[C@H]2OC(C)=O)[C@@H]3CC1(C)C. The summed E-state index contributed by atoms with van der Waals surface area (Å²) >= 11 is 0. The fraction of sp³-hybridized carbons (Fsp3) is 0.813. The van der Waals surface area contributed by atoms with Crippen LogP contribution in [0.3, 0.4) is 0 Å². The molecule has 12 rings (SSSR count). The first-order chi connectivity index (χ1) is 50.7. The van der Waals surface area contributed by atoms with Crippen LogP contribution in [0.5, 0.6) is 0 Å². The quantitative estimate of drug-likeness (QED) is 0.0317. The number of carbonyl (C=O) groups is 4. The van der Waals surface area contributed by atoms with Gasteiger partial charge in [0.2, 0.25) is 0 Å². The van der Waals surface area contributed by atoms with E-state index >= 15 is 0 Å². The van der Waals surface area contributed by atoms with Crippen molar-refractivity contribution >= 4 is 30.0 Å². The Morgan fingerprint density at radius 2 is 1.18 bits per heavy atom. The van der Waals surface area contributed by atoms with E-state index in [1.165, 1.54) is 19.9 Å². The molecule has 0 radical (unpaired) electrons. The van der Waals surface area contributed by atoms with E-state index < -0.39 is 266 Å². The van der Waals surface area contributed by atoms with E-state index in [9.17, 15) is 95.8 Å². The van der Waals surface area contributed by atoms with Gasteiger partial charge in [-0.3, -0.25) is 4.79 Å². The van der Waals surface area contributed by atoms with Gasteiger partial charge in [0.15, 0.2) is 49.9 Å². The molecule has 1 aromatic rings. The number of carboxylic acid groups (broad SMARTS) is 1. The summed E-state index contributed by atoms with van der Waals surface area (Å²) in [6.45, 7) is 16.6. The summed E-state index contributed by atoms with van der Waals surface area (Å²) in [6, 6.07) is 9.07. The molecule has 608 valence electrons. The molecule has 108 heavy (non-hydrogen) atoms. The number of fused-ring (bicyclic) bond motifs is 4. The lowest BCUT2D eigenvalue weighted by molar-refractivity contribution is -0.409. The number of aliphatic hydroxyl groups excluding tert-OH is 13. The molecular formula is C75H110O33. The van der Waals surface area contributed by atoms with Crippen LogP contribution in [0.25, 0.3) is 6.08 Å². The summed E-state index contributed by atoms with van der Waals surface area (Å²) in [5.74, 6) is -5.01. The summed E-state index contributed by atoms with van der Waals surface area (Å²) in [4.78, 5) is 55.9. The maximum Gasteiger partial charge on any atom is 0.335 e. The van der Waals surface area contributed by atoms with Crippen molar-refractivity contribution in [3.63, 3.8) is 0 Å². The molecule has 6 aliphatic heterocycles. The van der Waals surface area contributed by atoms with Crippen molar-refractivity contribution < 1.29 is 162 Å². The molecule has 5 saturated carbocycles. The van der Waals surface area contributed by atoms with Crippen molar-refractivity contribution in [1.29, 1.82) is 0 Å². The van der Waals surface area contributed by atoms with Gasteiger partial charge in [0.1, 0.15) is 115 Å². The first kappa shape index (κ1) is 83.0. The van der Waals surface area contributed by atoms with E-state index in [1.807, 2.05) is 45.9 Å². The molecule has 33 nitrogen and oxygen atoms in total. The van der Waals surface area contributed by atoms with Gasteiger partial charge in [0.05, 0.1) is 44.2 Å².